The van der Waals surface area contributed by atoms with Crippen molar-refractivity contribution in [3.05, 3.63) is 173 Å². The minimum atomic E-state index is -0.122. The third-order valence-electron chi connectivity index (χ3n) is 10.0. The minimum Gasteiger partial charge on any atom is -0.399 e. The van der Waals surface area contributed by atoms with Gasteiger partial charge < -0.3 is 16.0 Å². The van der Waals surface area contributed by atoms with Crippen LogP contribution in [-0.2, 0) is 6.42 Å². The predicted octanol–water partition coefficient (Wildman–Crippen LogP) is 8.19. The molecule has 0 amide bonds. The Morgan fingerprint density at radius 3 is 2.24 bits per heavy atom. The van der Waals surface area contributed by atoms with E-state index < -0.39 is 0 Å². The van der Waals surface area contributed by atoms with Gasteiger partial charge in [-0.2, -0.15) is 0 Å². The Bertz CT molecular complexity index is 1930. The molecule has 0 spiro atoms. The van der Waals surface area contributed by atoms with Crippen LogP contribution in [0.15, 0.2) is 156 Å². The molecule has 4 N–H and O–H groups in total. The predicted molar refractivity (Wildman–Crippen MR) is 191 cm³/mol. The van der Waals surface area contributed by atoms with Gasteiger partial charge in [0.1, 0.15) is 0 Å². The van der Waals surface area contributed by atoms with Crippen molar-refractivity contribution in [3.63, 3.8) is 0 Å². The van der Waals surface area contributed by atoms with Gasteiger partial charge in [-0.3, -0.25) is 5.32 Å². The Labute approximate surface area is 272 Å². The van der Waals surface area contributed by atoms with Crippen molar-refractivity contribution in [2.45, 2.75) is 45.1 Å². The van der Waals surface area contributed by atoms with Crippen molar-refractivity contribution in [2.75, 3.05) is 4.90 Å². The van der Waals surface area contributed by atoms with Crippen LogP contribution in [0, 0.1) is 5.41 Å². The fraction of sp³-hybridized carbons (Fsp3) is 0.190. The zero-order valence-electron chi connectivity index (χ0n) is 26.4. The molecule has 0 fully saturated rings. The van der Waals surface area contributed by atoms with Crippen LogP contribution in [0.1, 0.15) is 37.0 Å². The maximum Gasteiger partial charge on any atom is 0.156 e. The molecule has 8 rings (SSSR count). The number of nitrogens with one attached hydrogen (secondary N) is 2. The lowest BCUT2D eigenvalue weighted by atomic mass is 9.72. The number of para-hydroxylation sites is 1. The number of rotatable bonds is 6. The molecule has 4 aromatic rings. The summed E-state index contributed by atoms with van der Waals surface area (Å²) in [6.45, 7) is 4.69. The first kappa shape index (κ1) is 28.4. The molecule has 0 radical (unpaired) electrons. The molecule has 46 heavy (non-hydrogen) atoms. The van der Waals surface area contributed by atoms with E-state index in [2.05, 4.69) is 169 Å². The van der Waals surface area contributed by atoms with E-state index in [0.717, 1.165) is 18.5 Å². The van der Waals surface area contributed by atoms with E-state index in [1.54, 1.807) is 0 Å². The molecule has 4 aromatic carbocycles. The van der Waals surface area contributed by atoms with Gasteiger partial charge in [-0.05, 0) is 69.4 Å². The maximum absolute atomic E-state index is 6.92. The lowest BCUT2D eigenvalue weighted by Gasteiger charge is -2.45. The smallest absolute Gasteiger partial charge is 0.156 e. The number of anilines is 1. The monoisotopic (exact) mass is 600 g/mol. The molecule has 3 atom stereocenters. The van der Waals surface area contributed by atoms with E-state index in [-0.39, 0.29) is 23.8 Å². The quantitative estimate of drug-likeness (QED) is 0.209. The van der Waals surface area contributed by atoms with E-state index >= 15 is 0 Å². The average Bonchev–Trinajstić information content (AvgIpc) is 3.41. The summed E-state index contributed by atoms with van der Waals surface area (Å²) in [5.41, 5.74) is 20.3. The first-order valence-corrected chi connectivity index (χ1v) is 16.4. The number of benzene rings is 4. The summed E-state index contributed by atoms with van der Waals surface area (Å²) in [5, 5.41) is 7.94. The molecular weight excluding hydrogens is 560 g/mol. The van der Waals surface area contributed by atoms with E-state index in [4.69, 9.17) is 5.73 Å². The molecule has 2 heterocycles. The van der Waals surface area contributed by atoms with Crippen LogP contribution < -0.4 is 21.3 Å². The number of hydrogen-bond donors (Lipinski definition) is 3. The van der Waals surface area contributed by atoms with E-state index in [1.807, 2.05) is 0 Å². The highest BCUT2D eigenvalue weighted by atomic mass is 15.4. The van der Waals surface area contributed by atoms with Gasteiger partial charge in [-0.1, -0.05) is 141 Å². The third kappa shape index (κ3) is 4.99. The molecule has 4 heteroatoms. The zero-order chi connectivity index (χ0) is 31.3. The molecule has 3 unspecified atom stereocenters. The summed E-state index contributed by atoms with van der Waals surface area (Å²) in [4.78, 5) is 2.56. The van der Waals surface area contributed by atoms with Crippen LogP contribution in [0.4, 0.5) is 5.69 Å². The van der Waals surface area contributed by atoms with Crippen LogP contribution in [-0.4, -0.2) is 18.4 Å². The molecule has 4 nitrogen and oxygen atoms in total. The second-order valence-corrected chi connectivity index (χ2v) is 13.4. The topological polar surface area (TPSA) is 53.3 Å². The van der Waals surface area contributed by atoms with Crippen LogP contribution in [0.25, 0.3) is 22.4 Å². The lowest BCUT2D eigenvalue weighted by molar-refractivity contribution is 0.383. The van der Waals surface area contributed by atoms with Gasteiger partial charge >= 0.3 is 0 Å². The Morgan fingerprint density at radius 1 is 0.783 bits per heavy atom. The molecule has 4 aliphatic rings. The van der Waals surface area contributed by atoms with Crippen LogP contribution in [0.3, 0.4) is 0 Å². The second kappa shape index (κ2) is 11.4. The van der Waals surface area contributed by atoms with Crippen LogP contribution >= 0.6 is 0 Å². The number of hydrogen-bond acceptors (Lipinski definition) is 4. The SMILES string of the molecule is CC(C)(Cc1ccccc1)C1=C(N)C=C2c3ccccc3N(C3NC(c4ccc(-c5ccccc5)cc4)=C4C=CC=CC4N3)C2C1. The normalized spacial score (nSPS) is 21.8. The Morgan fingerprint density at radius 2 is 1.46 bits per heavy atom. The lowest BCUT2D eigenvalue weighted by Crippen LogP contribution is -2.62. The second-order valence-electron chi connectivity index (χ2n) is 13.4. The number of fused-ring (bicyclic) bond motifs is 4. The van der Waals surface area contributed by atoms with E-state index in [1.165, 1.54) is 55.9 Å². The number of nitrogens with zero attached hydrogens (tertiary/aromatic N) is 1. The third-order valence-corrected chi connectivity index (χ3v) is 10.0. The largest absolute Gasteiger partial charge is 0.399 e. The van der Waals surface area contributed by atoms with Gasteiger partial charge in [0.05, 0.1) is 12.1 Å². The standard InChI is InChI=1S/C42H40N4/c1-42(2,27-28-13-5-3-6-14-28)35-26-39-34(25-36(35)43)32-17-10-12-20-38(32)46(39)41-44-37-19-11-9-18-33(37)40(45-41)31-23-21-30(22-24-31)29-15-7-4-8-16-29/h3-25,37,39,41,44-45H,26-27,43H2,1-2H3. The molecule has 0 saturated carbocycles. The van der Waals surface area contributed by atoms with Crippen molar-refractivity contribution in [1.29, 1.82) is 0 Å². The van der Waals surface area contributed by atoms with Gasteiger partial charge in [-0.15, -0.1) is 0 Å². The molecule has 0 saturated heterocycles. The molecule has 0 aromatic heterocycles. The van der Waals surface area contributed by atoms with Crippen molar-refractivity contribution >= 4 is 17.0 Å². The Balaban J connectivity index is 1.15. The van der Waals surface area contributed by atoms with Crippen molar-refractivity contribution < 1.29 is 0 Å². The van der Waals surface area contributed by atoms with Crippen molar-refractivity contribution in [3.8, 4) is 11.1 Å². The summed E-state index contributed by atoms with van der Waals surface area (Å²) in [6.07, 6.45) is 12.7. The summed E-state index contributed by atoms with van der Waals surface area (Å²) in [5.74, 6) is 0. The van der Waals surface area contributed by atoms with Crippen molar-refractivity contribution in [2.24, 2.45) is 11.1 Å². The minimum absolute atomic E-state index is 0.0863. The molecule has 2 aliphatic carbocycles. The Hall–Kier alpha value is -5.06. The van der Waals surface area contributed by atoms with Crippen LogP contribution in [0.2, 0.25) is 0 Å². The highest BCUT2D eigenvalue weighted by Crippen LogP contribution is 2.49. The fourth-order valence-electron chi connectivity index (χ4n) is 7.80. The van der Waals surface area contributed by atoms with Gasteiger partial charge in [0, 0.05) is 22.6 Å². The first-order valence-electron chi connectivity index (χ1n) is 16.4. The number of nitrogens with two attached hydrogens (primary N) is 1. The molecule has 228 valence electrons. The van der Waals surface area contributed by atoms with Gasteiger partial charge in [0.25, 0.3) is 0 Å². The van der Waals surface area contributed by atoms with E-state index in [9.17, 15) is 0 Å². The van der Waals surface area contributed by atoms with Crippen molar-refractivity contribution in [1.82, 2.24) is 10.6 Å². The summed E-state index contributed by atoms with van der Waals surface area (Å²) < 4.78 is 0. The highest BCUT2D eigenvalue weighted by molar-refractivity contribution is 5.91. The van der Waals surface area contributed by atoms with Gasteiger partial charge in [-0.25, -0.2) is 0 Å². The number of allylic oxidation sites excluding steroid dienone is 3. The molecule has 0 bridgehead atoms. The maximum atomic E-state index is 6.92. The average molecular weight is 601 g/mol. The first-order chi connectivity index (χ1) is 22.5. The fourth-order valence-corrected chi connectivity index (χ4v) is 7.80. The summed E-state index contributed by atoms with van der Waals surface area (Å²) in [7, 11) is 0. The zero-order valence-corrected chi connectivity index (χ0v) is 26.4. The Kier molecular flexibility index (Phi) is 7.03. The summed E-state index contributed by atoms with van der Waals surface area (Å²) >= 11 is 0. The molecular formula is C42H40N4. The van der Waals surface area contributed by atoms with E-state index in [0.29, 0.717) is 0 Å². The van der Waals surface area contributed by atoms with Gasteiger partial charge in [0.2, 0.25) is 0 Å². The summed E-state index contributed by atoms with van der Waals surface area (Å²) in [6, 6.07) is 39.4. The van der Waals surface area contributed by atoms with Crippen LogP contribution in [0.5, 0.6) is 0 Å². The molecule has 2 aliphatic heterocycles. The highest BCUT2D eigenvalue weighted by Gasteiger charge is 2.44. The van der Waals surface area contributed by atoms with Gasteiger partial charge in [0.15, 0.2) is 6.29 Å².